The van der Waals surface area contributed by atoms with Gasteiger partial charge in [0.1, 0.15) is 5.00 Å². The molecule has 180 valence electrons. The number of para-hydroxylation sites is 1. The van der Waals surface area contributed by atoms with Gasteiger partial charge in [0.05, 0.1) is 23.1 Å². The number of halogens is 3. The number of hydrogen-bond donors (Lipinski definition) is 2. The quantitative estimate of drug-likeness (QED) is 0.413. The number of nitrogens with one attached hydrogen (secondary N) is 2. The Kier molecular flexibility index (Phi) is 6.33. The number of furan rings is 1. The van der Waals surface area contributed by atoms with Gasteiger partial charge in [-0.15, -0.1) is 11.3 Å². The lowest BCUT2D eigenvalue weighted by Crippen LogP contribution is -2.27. The summed E-state index contributed by atoms with van der Waals surface area (Å²) in [6.07, 6.45) is -1.07. The molecule has 4 rings (SSSR count). The van der Waals surface area contributed by atoms with E-state index < -0.39 is 23.6 Å². The van der Waals surface area contributed by atoms with Crippen molar-refractivity contribution in [1.29, 1.82) is 0 Å². The molecule has 0 spiro atoms. The van der Waals surface area contributed by atoms with Gasteiger partial charge in [-0.2, -0.15) is 13.2 Å². The van der Waals surface area contributed by atoms with Crippen molar-refractivity contribution >= 4 is 33.8 Å². The van der Waals surface area contributed by atoms with Gasteiger partial charge >= 0.3 is 6.18 Å². The molecule has 0 unspecified atom stereocenters. The predicted molar refractivity (Wildman–Crippen MR) is 125 cm³/mol. The van der Waals surface area contributed by atoms with Gasteiger partial charge in [-0.3, -0.25) is 9.59 Å². The summed E-state index contributed by atoms with van der Waals surface area (Å²) in [5.41, 5.74) is -0.201. The summed E-state index contributed by atoms with van der Waals surface area (Å²) in [5.74, 6) is -0.749. The summed E-state index contributed by atoms with van der Waals surface area (Å²) in [6, 6.07) is 7.92. The molecule has 2 aromatic heterocycles. The molecule has 0 radical (unpaired) electrons. The molecule has 3 aromatic rings. The van der Waals surface area contributed by atoms with Crippen LogP contribution in [-0.2, 0) is 19.0 Å². The maximum absolute atomic E-state index is 13.5. The molecule has 0 saturated carbocycles. The molecule has 5 nitrogen and oxygen atoms in total. The van der Waals surface area contributed by atoms with Crippen LogP contribution in [-0.4, -0.2) is 11.8 Å². The Bertz CT molecular complexity index is 1210. The van der Waals surface area contributed by atoms with E-state index in [1.165, 1.54) is 41.9 Å². The number of benzene rings is 1. The number of thiophene rings is 1. The summed E-state index contributed by atoms with van der Waals surface area (Å²) in [5, 5.41) is 5.48. The van der Waals surface area contributed by atoms with E-state index in [0.717, 1.165) is 29.3 Å². The van der Waals surface area contributed by atoms with Crippen molar-refractivity contribution in [3.05, 3.63) is 70.0 Å². The second-order valence-electron chi connectivity index (χ2n) is 9.44. The molecule has 2 heterocycles. The lowest BCUT2D eigenvalue weighted by molar-refractivity contribution is -0.136. The minimum Gasteiger partial charge on any atom is -0.459 e. The smallest absolute Gasteiger partial charge is 0.418 e. The number of rotatable bonds is 4. The fourth-order valence-electron chi connectivity index (χ4n) is 4.25. The number of amides is 2. The van der Waals surface area contributed by atoms with Gasteiger partial charge in [-0.05, 0) is 60.4 Å². The maximum Gasteiger partial charge on any atom is 0.418 e. The summed E-state index contributed by atoms with van der Waals surface area (Å²) in [7, 11) is 0. The van der Waals surface area contributed by atoms with Crippen LogP contribution in [0.4, 0.5) is 23.9 Å². The number of fused-ring (bicyclic) bond motifs is 1. The van der Waals surface area contributed by atoms with Gasteiger partial charge in [0.2, 0.25) is 0 Å². The van der Waals surface area contributed by atoms with E-state index in [0.29, 0.717) is 17.3 Å². The van der Waals surface area contributed by atoms with Crippen LogP contribution in [0.15, 0.2) is 47.1 Å². The van der Waals surface area contributed by atoms with Crippen molar-refractivity contribution in [2.75, 3.05) is 10.6 Å². The Labute approximate surface area is 199 Å². The average molecular weight is 491 g/mol. The minimum atomic E-state index is -4.62. The first-order valence-corrected chi connectivity index (χ1v) is 11.7. The molecule has 1 aliphatic rings. The second-order valence-corrected chi connectivity index (χ2v) is 10.5. The molecule has 1 atom stereocenters. The number of carbonyl (C=O) groups excluding carboxylic acids is 2. The van der Waals surface area contributed by atoms with Crippen LogP contribution in [0.25, 0.3) is 0 Å². The van der Waals surface area contributed by atoms with E-state index in [4.69, 9.17) is 4.42 Å². The van der Waals surface area contributed by atoms with E-state index >= 15 is 0 Å². The van der Waals surface area contributed by atoms with Crippen LogP contribution < -0.4 is 10.6 Å². The van der Waals surface area contributed by atoms with E-state index in [-0.39, 0.29) is 22.4 Å². The Morgan fingerprint density at radius 2 is 1.76 bits per heavy atom. The van der Waals surface area contributed by atoms with Gasteiger partial charge in [0.25, 0.3) is 11.8 Å². The molecular weight excluding hydrogens is 465 g/mol. The van der Waals surface area contributed by atoms with Crippen molar-refractivity contribution < 1.29 is 27.2 Å². The van der Waals surface area contributed by atoms with Crippen LogP contribution in [0, 0.1) is 11.3 Å². The Hall–Kier alpha value is -3.07. The van der Waals surface area contributed by atoms with Crippen molar-refractivity contribution in [2.45, 2.75) is 46.2 Å². The van der Waals surface area contributed by atoms with Crippen molar-refractivity contribution in [3.63, 3.8) is 0 Å². The maximum atomic E-state index is 13.5. The largest absolute Gasteiger partial charge is 0.459 e. The topological polar surface area (TPSA) is 71.3 Å². The fourth-order valence-corrected chi connectivity index (χ4v) is 5.57. The number of anilines is 2. The molecule has 34 heavy (non-hydrogen) atoms. The summed E-state index contributed by atoms with van der Waals surface area (Å²) in [4.78, 5) is 27.0. The summed E-state index contributed by atoms with van der Waals surface area (Å²) < 4.78 is 45.5. The standard InChI is InChI=1S/C25H25F3N2O3S/c1-24(2,3)14-10-11-15-19(13-14)34-23(30-21(31)18-9-6-12-33-18)20(15)22(32)29-17-8-5-4-7-16(17)25(26,27)28/h4-9,12,14H,10-11,13H2,1-3H3,(H,29,32)(H,30,31)/t14-/m1/s1. The van der Waals surface area contributed by atoms with Gasteiger partial charge in [-0.25, -0.2) is 0 Å². The van der Waals surface area contributed by atoms with E-state index in [1.54, 1.807) is 6.07 Å². The van der Waals surface area contributed by atoms with Crippen LogP contribution in [0.1, 0.15) is 64.1 Å². The van der Waals surface area contributed by atoms with Gasteiger partial charge < -0.3 is 15.1 Å². The van der Waals surface area contributed by atoms with Crippen LogP contribution in [0.2, 0.25) is 0 Å². The highest BCUT2D eigenvalue weighted by Crippen LogP contribution is 2.45. The van der Waals surface area contributed by atoms with Crippen LogP contribution in [0.3, 0.4) is 0 Å². The fraction of sp³-hybridized carbons (Fsp3) is 0.360. The third kappa shape index (κ3) is 4.89. The Balaban J connectivity index is 1.71. The first-order chi connectivity index (χ1) is 15.9. The average Bonchev–Trinajstić information content (AvgIpc) is 3.40. The highest BCUT2D eigenvalue weighted by atomic mass is 32.1. The molecule has 0 saturated heterocycles. The monoisotopic (exact) mass is 490 g/mol. The Morgan fingerprint density at radius 3 is 2.41 bits per heavy atom. The number of carbonyl (C=O) groups is 2. The SMILES string of the molecule is CC(C)(C)[C@@H]1CCc2c(sc(NC(=O)c3ccco3)c2C(=O)Nc2ccccc2C(F)(F)F)C1. The predicted octanol–water partition coefficient (Wildman–Crippen LogP) is 7.02. The van der Waals surface area contributed by atoms with Crippen molar-refractivity contribution in [2.24, 2.45) is 11.3 Å². The molecule has 1 aromatic carbocycles. The van der Waals surface area contributed by atoms with E-state index in [2.05, 4.69) is 31.4 Å². The van der Waals surface area contributed by atoms with E-state index in [1.807, 2.05) is 0 Å². The molecule has 0 fully saturated rings. The molecule has 2 N–H and O–H groups in total. The molecule has 9 heteroatoms. The molecular formula is C25H25F3N2O3S. The lowest BCUT2D eigenvalue weighted by atomic mass is 9.72. The molecule has 1 aliphatic carbocycles. The number of alkyl halides is 3. The highest BCUT2D eigenvalue weighted by Gasteiger charge is 2.36. The van der Waals surface area contributed by atoms with Crippen molar-refractivity contribution in [3.8, 4) is 0 Å². The molecule has 0 aliphatic heterocycles. The third-order valence-electron chi connectivity index (χ3n) is 6.17. The first kappa shape index (κ1) is 24.1. The summed E-state index contributed by atoms with van der Waals surface area (Å²) in [6.45, 7) is 6.49. The van der Waals surface area contributed by atoms with Crippen LogP contribution in [0.5, 0.6) is 0 Å². The first-order valence-electron chi connectivity index (χ1n) is 10.9. The highest BCUT2D eigenvalue weighted by molar-refractivity contribution is 7.17. The molecule has 2 amide bonds. The molecule has 0 bridgehead atoms. The van der Waals surface area contributed by atoms with Gasteiger partial charge in [0, 0.05) is 4.88 Å². The van der Waals surface area contributed by atoms with Gasteiger partial charge in [0.15, 0.2) is 5.76 Å². The van der Waals surface area contributed by atoms with Crippen molar-refractivity contribution in [1.82, 2.24) is 0 Å². The van der Waals surface area contributed by atoms with Crippen LogP contribution >= 0.6 is 11.3 Å². The lowest BCUT2D eigenvalue weighted by Gasteiger charge is -2.33. The zero-order valence-electron chi connectivity index (χ0n) is 19.0. The Morgan fingerprint density at radius 1 is 1.03 bits per heavy atom. The zero-order valence-corrected chi connectivity index (χ0v) is 19.8. The third-order valence-corrected chi connectivity index (χ3v) is 7.34. The van der Waals surface area contributed by atoms with Gasteiger partial charge in [-0.1, -0.05) is 32.9 Å². The zero-order chi connectivity index (χ0) is 24.7. The van der Waals surface area contributed by atoms with E-state index in [9.17, 15) is 22.8 Å². The number of hydrogen-bond acceptors (Lipinski definition) is 4. The second kappa shape index (κ2) is 8.94. The normalized spacial score (nSPS) is 16.1. The summed E-state index contributed by atoms with van der Waals surface area (Å²) >= 11 is 1.30. The minimum absolute atomic E-state index is 0.0628.